The number of fused-ring (bicyclic) bond motifs is 1. The molecule has 4 heterocycles. The van der Waals surface area contributed by atoms with Crippen molar-refractivity contribution >= 4 is 22.2 Å². The minimum Gasteiger partial charge on any atom is -0.394 e. The summed E-state index contributed by atoms with van der Waals surface area (Å²) in [6.07, 6.45) is 2.35. The van der Waals surface area contributed by atoms with Crippen molar-refractivity contribution in [2.45, 2.75) is 12.2 Å². The minimum atomic E-state index is -4.58. The van der Waals surface area contributed by atoms with Crippen LogP contribution >= 0.6 is 11.3 Å². The van der Waals surface area contributed by atoms with Gasteiger partial charge in [-0.05, 0) is 6.07 Å². The molecule has 0 aliphatic carbocycles. The molecule has 8 nitrogen and oxygen atoms in total. The summed E-state index contributed by atoms with van der Waals surface area (Å²) in [5.74, 6) is 0. The van der Waals surface area contributed by atoms with Gasteiger partial charge in [0.25, 0.3) is 5.56 Å². The Morgan fingerprint density at radius 2 is 2.10 bits per heavy atom. The van der Waals surface area contributed by atoms with E-state index in [0.29, 0.717) is 22.6 Å². The lowest BCUT2D eigenvalue weighted by Gasteiger charge is -2.14. The summed E-state index contributed by atoms with van der Waals surface area (Å²) in [5.41, 5.74) is 0.765. The number of aryl methyl sites for hydroxylation is 1. The Kier molecular flexibility index (Phi) is 5.19. The molecule has 0 radical (unpaired) electrons. The summed E-state index contributed by atoms with van der Waals surface area (Å²) in [4.78, 5) is 25.5. The minimum absolute atomic E-state index is 0.133. The van der Waals surface area contributed by atoms with Crippen LogP contribution in [0, 0.1) is 0 Å². The molecule has 0 bridgehead atoms. The fourth-order valence-corrected chi connectivity index (χ4v) is 3.79. The van der Waals surface area contributed by atoms with Gasteiger partial charge < -0.3 is 5.11 Å². The summed E-state index contributed by atoms with van der Waals surface area (Å²) in [5, 5.41) is 12.7. The number of alkyl halides is 3. The first-order chi connectivity index (χ1) is 14.7. The molecule has 0 amide bonds. The van der Waals surface area contributed by atoms with Crippen LogP contribution in [0.5, 0.6) is 0 Å². The molecular weight excluding hydrogens is 433 g/mol. The van der Waals surface area contributed by atoms with Crippen LogP contribution in [0.15, 0.2) is 48.4 Å². The van der Waals surface area contributed by atoms with Crippen LogP contribution < -0.4 is 5.56 Å². The Labute approximate surface area is 177 Å². The van der Waals surface area contributed by atoms with Gasteiger partial charge in [-0.15, -0.1) is 17.9 Å². The summed E-state index contributed by atoms with van der Waals surface area (Å²) in [6, 6.07) is 0.676. The zero-order chi connectivity index (χ0) is 22.3. The monoisotopic (exact) mass is 448 g/mol. The normalized spacial score (nSPS) is 12.9. The van der Waals surface area contributed by atoms with Crippen LogP contribution in [0.3, 0.4) is 0 Å². The highest BCUT2D eigenvalue weighted by Crippen LogP contribution is 2.37. The second-order valence-corrected chi connectivity index (χ2v) is 7.66. The highest BCUT2D eigenvalue weighted by atomic mass is 32.1. The SMILES string of the molecule is C=C[C@@H](CO)n1cnc2c(-c3cnn(C)c3)nc(-c3cnc(C(F)(F)F)s3)cc2c1=O. The molecule has 0 saturated carbocycles. The second kappa shape index (κ2) is 7.71. The van der Waals surface area contributed by atoms with Crippen molar-refractivity contribution in [3.63, 3.8) is 0 Å². The maximum Gasteiger partial charge on any atom is 0.443 e. The predicted octanol–water partition coefficient (Wildman–Crippen LogP) is 3.05. The van der Waals surface area contributed by atoms with Gasteiger partial charge >= 0.3 is 6.18 Å². The van der Waals surface area contributed by atoms with Gasteiger partial charge in [0.15, 0.2) is 5.01 Å². The van der Waals surface area contributed by atoms with Gasteiger partial charge in [0, 0.05) is 25.0 Å². The highest BCUT2D eigenvalue weighted by Gasteiger charge is 2.35. The topological polar surface area (TPSA) is 98.7 Å². The maximum absolute atomic E-state index is 13.1. The Morgan fingerprint density at radius 3 is 2.68 bits per heavy atom. The average molecular weight is 448 g/mol. The van der Waals surface area contributed by atoms with Crippen LogP contribution in [0.25, 0.3) is 32.7 Å². The van der Waals surface area contributed by atoms with E-state index < -0.39 is 22.8 Å². The molecule has 0 fully saturated rings. The zero-order valence-corrected chi connectivity index (χ0v) is 16.9. The number of pyridine rings is 1. The largest absolute Gasteiger partial charge is 0.443 e. The first kappa shape index (κ1) is 20.9. The van der Waals surface area contributed by atoms with E-state index in [0.717, 1.165) is 6.20 Å². The molecule has 0 aliphatic rings. The number of aliphatic hydroxyl groups is 1. The Bertz CT molecular complexity index is 1340. The van der Waals surface area contributed by atoms with E-state index in [4.69, 9.17) is 0 Å². The Balaban J connectivity index is 2.01. The van der Waals surface area contributed by atoms with Crippen molar-refractivity contribution in [2.75, 3.05) is 6.61 Å². The van der Waals surface area contributed by atoms with Crippen LogP contribution in [-0.4, -0.2) is 41.0 Å². The molecule has 0 spiro atoms. The van der Waals surface area contributed by atoms with Gasteiger partial charge in [0.05, 0.1) is 41.1 Å². The van der Waals surface area contributed by atoms with E-state index in [1.807, 2.05) is 0 Å². The first-order valence-corrected chi connectivity index (χ1v) is 9.72. The molecule has 4 aromatic rings. The van der Waals surface area contributed by atoms with Crippen LogP contribution in [0.4, 0.5) is 13.2 Å². The van der Waals surface area contributed by atoms with Crippen LogP contribution in [-0.2, 0) is 13.2 Å². The third kappa shape index (κ3) is 3.75. The van der Waals surface area contributed by atoms with Crippen molar-refractivity contribution in [1.29, 1.82) is 0 Å². The van der Waals surface area contributed by atoms with Crippen LogP contribution in [0.2, 0.25) is 0 Å². The van der Waals surface area contributed by atoms with E-state index in [9.17, 15) is 23.1 Å². The molecule has 0 aromatic carbocycles. The van der Waals surface area contributed by atoms with E-state index in [-0.39, 0.29) is 28.1 Å². The Hall–Kier alpha value is -3.38. The second-order valence-electron chi connectivity index (χ2n) is 6.62. The number of hydrogen-bond acceptors (Lipinski definition) is 7. The predicted molar refractivity (Wildman–Crippen MR) is 108 cm³/mol. The number of nitrogens with zero attached hydrogens (tertiary/aromatic N) is 6. The van der Waals surface area contributed by atoms with Gasteiger partial charge in [0.1, 0.15) is 11.2 Å². The van der Waals surface area contributed by atoms with Gasteiger partial charge in [-0.25, -0.2) is 15.0 Å². The molecule has 1 N–H and O–H groups in total. The summed E-state index contributed by atoms with van der Waals surface area (Å²) < 4.78 is 41.8. The molecule has 0 aliphatic heterocycles. The van der Waals surface area contributed by atoms with Crippen molar-refractivity contribution < 1.29 is 18.3 Å². The quantitative estimate of drug-likeness (QED) is 0.471. The zero-order valence-electron chi connectivity index (χ0n) is 16.0. The lowest BCUT2D eigenvalue weighted by atomic mass is 10.1. The van der Waals surface area contributed by atoms with Crippen molar-refractivity contribution in [1.82, 2.24) is 29.3 Å². The van der Waals surface area contributed by atoms with Gasteiger partial charge in [-0.1, -0.05) is 6.08 Å². The summed E-state index contributed by atoms with van der Waals surface area (Å²) in [6.45, 7) is 3.24. The molecule has 12 heteroatoms. The smallest absolute Gasteiger partial charge is 0.394 e. The van der Waals surface area contributed by atoms with E-state index >= 15 is 0 Å². The van der Waals surface area contributed by atoms with Gasteiger partial charge in [0.2, 0.25) is 0 Å². The van der Waals surface area contributed by atoms with Crippen molar-refractivity contribution in [3.8, 4) is 21.8 Å². The number of halogens is 3. The number of aromatic nitrogens is 6. The fourth-order valence-electron chi connectivity index (χ4n) is 3.05. The fraction of sp³-hybridized carbons (Fsp3) is 0.211. The molecule has 160 valence electrons. The van der Waals surface area contributed by atoms with Crippen molar-refractivity contribution in [3.05, 3.63) is 59.0 Å². The molecule has 1 atom stereocenters. The molecule has 0 unspecified atom stereocenters. The third-order valence-electron chi connectivity index (χ3n) is 4.56. The number of aliphatic hydroxyl groups excluding tert-OH is 1. The summed E-state index contributed by atoms with van der Waals surface area (Å²) in [7, 11) is 1.70. The van der Waals surface area contributed by atoms with Crippen LogP contribution in [0.1, 0.15) is 11.0 Å². The number of thiazole rings is 1. The van der Waals surface area contributed by atoms with E-state index in [1.54, 1.807) is 13.2 Å². The van der Waals surface area contributed by atoms with Gasteiger partial charge in [-0.2, -0.15) is 18.3 Å². The Morgan fingerprint density at radius 1 is 1.32 bits per heavy atom. The molecule has 0 saturated heterocycles. The number of rotatable bonds is 5. The molecule has 4 aromatic heterocycles. The van der Waals surface area contributed by atoms with E-state index in [2.05, 4.69) is 26.6 Å². The third-order valence-corrected chi connectivity index (χ3v) is 5.63. The number of hydrogen-bond donors (Lipinski definition) is 1. The standard InChI is InChI=1S/C19H15F3N6O2S/c1-3-11(8-29)28-9-24-16-12(17(28)30)4-13(14-6-23-18(31-14)19(20,21)22)26-15(16)10-5-25-27(2)7-10/h3-7,9,11,29H,1,8H2,2H3/t11-/m0/s1. The maximum atomic E-state index is 13.1. The molecular formula is C19H15F3N6O2S. The lowest BCUT2D eigenvalue weighted by molar-refractivity contribution is -0.137. The molecule has 31 heavy (non-hydrogen) atoms. The van der Waals surface area contributed by atoms with E-state index in [1.165, 1.54) is 33.9 Å². The molecule has 4 rings (SSSR count). The van der Waals surface area contributed by atoms with Gasteiger partial charge in [-0.3, -0.25) is 14.0 Å². The van der Waals surface area contributed by atoms with Crippen molar-refractivity contribution in [2.24, 2.45) is 7.05 Å². The lowest BCUT2D eigenvalue weighted by Crippen LogP contribution is -2.26. The highest BCUT2D eigenvalue weighted by molar-refractivity contribution is 7.15. The average Bonchev–Trinajstić information content (AvgIpc) is 3.39. The first-order valence-electron chi connectivity index (χ1n) is 8.90. The summed E-state index contributed by atoms with van der Waals surface area (Å²) >= 11 is 0.431.